The monoisotopic (exact) mass is 358 g/mol. The molecule has 0 spiro atoms. The molecule has 3 N–H and O–H groups in total. The Morgan fingerprint density at radius 3 is 2.62 bits per heavy atom. The summed E-state index contributed by atoms with van der Waals surface area (Å²) in [6.45, 7) is 4.67. The average molecular weight is 358 g/mol. The Labute approximate surface area is 154 Å². The maximum atomic E-state index is 13.2. The number of pyridine rings is 1. The minimum atomic E-state index is -0.220. The maximum Gasteiger partial charge on any atom is 0.123 e. The van der Waals surface area contributed by atoms with Crippen molar-refractivity contribution in [1.29, 1.82) is 0 Å². The van der Waals surface area contributed by atoms with Gasteiger partial charge in [0.25, 0.3) is 0 Å². The van der Waals surface area contributed by atoms with Crippen LogP contribution in [0.1, 0.15) is 30.5 Å². The number of aliphatic hydroxyl groups is 1. The molecule has 26 heavy (non-hydrogen) atoms. The van der Waals surface area contributed by atoms with E-state index in [1.165, 1.54) is 17.7 Å². The van der Waals surface area contributed by atoms with Crippen LogP contribution < -0.4 is 10.9 Å². The van der Waals surface area contributed by atoms with E-state index < -0.39 is 0 Å². The van der Waals surface area contributed by atoms with Gasteiger partial charge in [-0.1, -0.05) is 19.1 Å². The highest BCUT2D eigenvalue weighted by Crippen LogP contribution is 2.27. The number of hydrogen-bond acceptors (Lipinski definition) is 5. The molecule has 2 aromatic rings. The van der Waals surface area contributed by atoms with Gasteiger partial charge in [-0.2, -0.15) is 0 Å². The van der Waals surface area contributed by atoms with E-state index in [0.29, 0.717) is 5.92 Å². The van der Waals surface area contributed by atoms with Gasteiger partial charge in [0.2, 0.25) is 0 Å². The van der Waals surface area contributed by atoms with Crippen molar-refractivity contribution < 1.29 is 9.50 Å². The number of nitrogens with one attached hydrogen (secondary N) is 2. The SMILES string of the molecule is CCC(CO)N(Cc1ccncc1)CC1CNNC1c1ccc(F)cc1. The van der Waals surface area contributed by atoms with E-state index in [9.17, 15) is 9.50 Å². The molecule has 0 radical (unpaired) electrons. The second-order valence-corrected chi connectivity index (χ2v) is 6.84. The second-order valence-electron chi connectivity index (χ2n) is 6.84. The molecule has 5 nitrogen and oxygen atoms in total. The van der Waals surface area contributed by atoms with Crippen molar-refractivity contribution >= 4 is 0 Å². The van der Waals surface area contributed by atoms with Gasteiger partial charge in [-0.3, -0.25) is 15.3 Å². The van der Waals surface area contributed by atoms with Crippen LogP contribution in [-0.2, 0) is 6.54 Å². The van der Waals surface area contributed by atoms with Crippen LogP contribution in [0.3, 0.4) is 0 Å². The fraction of sp³-hybridized carbons (Fsp3) is 0.450. The highest BCUT2D eigenvalue weighted by atomic mass is 19.1. The van der Waals surface area contributed by atoms with E-state index in [0.717, 1.165) is 31.6 Å². The van der Waals surface area contributed by atoms with E-state index in [-0.39, 0.29) is 24.5 Å². The number of benzene rings is 1. The molecule has 0 saturated carbocycles. The first-order valence-electron chi connectivity index (χ1n) is 9.19. The second kappa shape index (κ2) is 9.19. The van der Waals surface area contributed by atoms with Gasteiger partial charge in [0.1, 0.15) is 5.82 Å². The predicted octanol–water partition coefficient (Wildman–Crippen LogP) is 2.26. The van der Waals surface area contributed by atoms with Crippen LogP contribution in [0.4, 0.5) is 4.39 Å². The zero-order valence-corrected chi connectivity index (χ0v) is 15.1. The molecule has 1 fully saturated rings. The van der Waals surface area contributed by atoms with Crippen molar-refractivity contribution in [2.24, 2.45) is 5.92 Å². The number of aliphatic hydroxyl groups excluding tert-OH is 1. The standard InChI is InChI=1S/C20H27FN4O/c1-2-19(14-26)25(12-15-7-9-22-10-8-15)13-17-11-23-24-20(17)16-3-5-18(21)6-4-16/h3-10,17,19-20,23-24,26H,2,11-14H2,1H3. The molecule has 0 bridgehead atoms. The van der Waals surface area contributed by atoms with Crippen molar-refractivity contribution in [3.8, 4) is 0 Å². The maximum absolute atomic E-state index is 13.2. The van der Waals surface area contributed by atoms with Gasteiger partial charge >= 0.3 is 0 Å². The summed E-state index contributed by atoms with van der Waals surface area (Å²) in [6.07, 6.45) is 4.48. The first-order valence-corrected chi connectivity index (χ1v) is 9.19. The molecule has 3 atom stereocenters. The van der Waals surface area contributed by atoms with Crippen molar-refractivity contribution in [3.05, 3.63) is 65.7 Å². The fourth-order valence-electron chi connectivity index (χ4n) is 3.60. The first-order chi connectivity index (χ1) is 12.7. The fourth-order valence-corrected chi connectivity index (χ4v) is 3.60. The molecular weight excluding hydrogens is 331 g/mol. The summed E-state index contributed by atoms with van der Waals surface area (Å²) in [5, 5.41) is 9.83. The Hall–Kier alpha value is -1.86. The molecule has 1 aliphatic rings. The molecule has 1 aromatic heterocycles. The van der Waals surface area contributed by atoms with Gasteiger partial charge in [-0.05, 0) is 41.8 Å². The van der Waals surface area contributed by atoms with Crippen LogP contribution in [0, 0.1) is 11.7 Å². The van der Waals surface area contributed by atoms with Crippen LogP contribution in [0.2, 0.25) is 0 Å². The minimum Gasteiger partial charge on any atom is -0.395 e. The van der Waals surface area contributed by atoms with Crippen LogP contribution in [0.25, 0.3) is 0 Å². The zero-order chi connectivity index (χ0) is 18.4. The smallest absolute Gasteiger partial charge is 0.123 e. The van der Waals surface area contributed by atoms with Crippen LogP contribution in [-0.4, -0.2) is 40.7 Å². The number of halogens is 1. The lowest BCUT2D eigenvalue weighted by Gasteiger charge is -2.33. The summed E-state index contributed by atoms with van der Waals surface area (Å²) in [6, 6.07) is 10.9. The number of hydrogen-bond donors (Lipinski definition) is 3. The minimum absolute atomic E-state index is 0.109. The Morgan fingerprint density at radius 1 is 1.23 bits per heavy atom. The van der Waals surface area contributed by atoms with Crippen molar-refractivity contribution in [2.45, 2.75) is 32.0 Å². The molecule has 6 heteroatoms. The van der Waals surface area contributed by atoms with Gasteiger partial charge in [-0.25, -0.2) is 9.82 Å². The average Bonchev–Trinajstić information content (AvgIpc) is 3.12. The summed E-state index contributed by atoms with van der Waals surface area (Å²) >= 11 is 0. The summed E-state index contributed by atoms with van der Waals surface area (Å²) < 4.78 is 13.2. The Balaban J connectivity index is 1.75. The molecule has 1 aromatic carbocycles. The quantitative estimate of drug-likeness (QED) is 0.676. The third-order valence-electron chi connectivity index (χ3n) is 5.12. The van der Waals surface area contributed by atoms with Crippen molar-refractivity contribution in [1.82, 2.24) is 20.7 Å². The number of rotatable bonds is 8. The lowest BCUT2D eigenvalue weighted by atomic mass is 9.93. The molecule has 0 amide bonds. The highest BCUT2D eigenvalue weighted by molar-refractivity contribution is 5.22. The third-order valence-corrected chi connectivity index (χ3v) is 5.12. The summed E-state index contributed by atoms with van der Waals surface area (Å²) in [5.74, 6) is 0.102. The predicted molar refractivity (Wildman–Crippen MR) is 99.6 cm³/mol. The van der Waals surface area contributed by atoms with E-state index >= 15 is 0 Å². The van der Waals surface area contributed by atoms with Crippen molar-refractivity contribution in [2.75, 3.05) is 19.7 Å². The molecule has 140 valence electrons. The summed E-state index contributed by atoms with van der Waals surface area (Å²) in [7, 11) is 0. The molecular formula is C20H27FN4O. The number of aromatic nitrogens is 1. The topological polar surface area (TPSA) is 60.4 Å². The van der Waals surface area contributed by atoms with E-state index in [1.807, 2.05) is 24.3 Å². The Kier molecular flexibility index (Phi) is 6.68. The van der Waals surface area contributed by atoms with E-state index in [1.54, 1.807) is 12.4 Å². The largest absolute Gasteiger partial charge is 0.395 e. The molecule has 3 unspecified atom stereocenters. The lowest BCUT2D eigenvalue weighted by Crippen LogP contribution is -2.41. The molecule has 2 heterocycles. The Bertz CT molecular complexity index is 663. The van der Waals surface area contributed by atoms with Gasteiger partial charge in [0.05, 0.1) is 12.6 Å². The van der Waals surface area contributed by atoms with Gasteiger partial charge < -0.3 is 5.11 Å². The molecule has 1 aliphatic heterocycles. The van der Waals surface area contributed by atoms with Crippen LogP contribution in [0.5, 0.6) is 0 Å². The highest BCUT2D eigenvalue weighted by Gasteiger charge is 2.31. The van der Waals surface area contributed by atoms with E-state index in [4.69, 9.17) is 0 Å². The number of nitrogens with zero attached hydrogens (tertiary/aromatic N) is 2. The normalized spacial score (nSPS) is 21.2. The van der Waals surface area contributed by atoms with Gasteiger partial charge in [-0.15, -0.1) is 0 Å². The lowest BCUT2D eigenvalue weighted by molar-refractivity contribution is 0.0960. The van der Waals surface area contributed by atoms with Gasteiger partial charge in [0.15, 0.2) is 0 Å². The Morgan fingerprint density at radius 2 is 1.96 bits per heavy atom. The van der Waals surface area contributed by atoms with Gasteiger partial charge in [0, 0.05) is 44.0 Å². The van der Waals surface area contributed by atoms with E-state index in [2.05, 4.69) is 27.7 Å². The molecule has 0 aliphatic carbocycles. The van der Waals surface area contributed by atoms with Crippen LogP contribution >= 0.6 is 0 Å². The first kappa shape index (κ1) is 18.9. The van der Waals surface area contributed by atoms with Crippen LogP contribution in [0.15, 0.2) is 48.8 Å². The summed E-state index contributed by atoms with van der Waals surface area (Å²) in [5.41, 5.74) is 8.81. The zero-order valence-electron chi connectivity index (χ0n) is 15.1. The number of hydrazine groups is 1. The summed E-state index contributed by atoms with van der Waals surface area (Å²) in [4.78, 5) is 6.42. The third kappa shape index (κ3) is 4.65. The molecule has 1 saturated heterocycles. The molecule has 3 rings (SSSR count). The van der Waals surface area contributed by atoms with Crippen molar-refractivity contribution in [3.63, 3.8) is 0 Å².